The number of halogens is 1. The molecule has 0 saturated carbocycles. The van der Waals surface area contributed by atoms with Crippen molar-refractivity contribution in [3.63, 3.8) is 0 Å². The maximum atomic E-state index is 12.7. The largest absolute Gasteiger partial charge is 0.497 e. The SMILES string of the molecule is COc1cccc(OC(C)c2nnc(SCC(=O)Nc3ccc(Br)c(C)c3C)n2CC(C)C)c1. The molecule has 1 unspecified atom stereocenters. The second-order valence-electron chi connectivity index (χ2n) is 8.47. The highest BCUT2D eigenvalue weighted by atomic mass is 79.9. The van der Waals surface area contributed by atoms with Crippen LogP contribution in [-0.2, 0) is 11.3 Å². The summed E-state index contributed by atoms with van der Waals surface area (Å²) in [4.78, 5) is 12.7. The molecule has 0 saturated heterocycles. The average Bonchev–Trinajstić information content (AvgIpc) is 3.20. The fourth-order valence-corrected chi connectivity index (χ4v) is 4.60. The third-order valence-corrected chi connectivity index (χ3v) is 7.16. The fraction of sp³-hybridized carbons (Fsp3) is 0.400. The predicted octanol–water partition coefficient (Wildman–Crippen LogP) is 6.19. The number of ether oxygens (including phenoxy) is 2. The Morgan fingerprint density at radius 1 is 1.12 bits per heavy atom. The van der Waals surface area contributed by atoms with E-state index in [-0.39, 0.29) is 17.8 Å². The van der Waals surface area contributed by atoms with Gasteiger partial charge in [0.1, 0.15) is 11.5 Å². The molecular weight excluding hydrogens is 516 g/mol. The van der Waals surface area contributed by atoms with Crippen molar-refractivity contribution in [1.29, 1.82) is 0 Å². The number of thioether (sulfide) groups is 1. The third-order valence-electron chi connectivity index (χ3n) is 5.34. The number of anilines is 1. The average molecular weight is 548 g/mol. The Bertz CT molecular complexity index is 1150. The van der Waals surface area contributed by atoms with E-state index in [1.165, 1.54) is 11.8 Å². The van der Waals surface area contributed by atoms with E-state index in [2.05, 4.69) is 45.3 Å². The van der Waals surface area contributed by atoms with Crippen LogP contribution in [0.3, 0.4) is 0 Å². The van der Waals surface area contributed by atoms with Crippen LogP contribution in [0, 0.1) is 19.8 Å². The maximum Gasteiger partial charge on any atom is 0.234 e. The number of rotatable bonds is 10. The summed E-state index contributed by atoms with van der Waals surface area (Å²) in [6.45, 7) is 11.0. The number of methoxy groups -OCH3 is 1. The van der Waals surface area contributed by atoms with Gasteiger partial charge in [-0.25, -0.2) is 0 Å². The number of aromatic nitrogens is 3. The van der Waals surface area contributed by atoms with Gasteiger partial charge in [-0.3, -0.25) is 4.79 Å². The van der Waals surface area contributed by atoms with Gasteiger partial charge in [0.25, 0.3) is 0 Å². The molecule has 0 radical (unpaired) electrons. The van der Waals surface area contributed by atoms with Crippen LogP contribution in [0.5, 0.6) is 11.5 Å². The third kappa shape index (κ3) is 6.54. The van der Waals surface area contributed by atoms with Crippen LogP contribution < -0.4 is 14.8 Å². The molecule has 0 fully saturated rings. The van der Waals surface area contributed by atoms with E-state index >= 15 is 0 Å². The molecule has 34 heavy (non-hydrogen) atoms. The Hall–Kier alpha value is -2.52. The standard InChI is InChI=1S/C25H31BrN4O3S/c1-15(2)13-30-24(18(5)33-20-9-7-8-19(12-20)32-6)28-29-25(30)34-14-23(31)27-22-11-10-21(26)16(3)17(22)4/h7-12,15,18H,13-14H2,1-6H3,(H,27,31). The number of hydrogen-bond acceptors (Lipinski definition) is 6. The molecule has 0 aliphatic heterocycles. The van der Waals surface area contributed by atoms with Crippen LogP contribution in [0.2, 0.25) is 0 Å². The molecule has 9 heteroatoms. The molecule has 1 aromatic heterocycles. The summed E-state index contributed by atoms with van der Waals surface area (Å²) in [5.41, 5.74) is 2.97. The van der Waals surface area contributed by atoms with Crippen molar-refractivity contribution in [2.24, 2.45) is 5.92 Å². The smallest absolute Gasteiger partial charge is 0.234 e. The summed E-state index contributed by atoms with van der Waals surface area (Å²) in [5, 5.41) is 12.5. The highest BCUT2D eigenvalue weighted by Gasteiger charge is 2.21. The molecule has 0 spiro atoms. The first kappa shape index (κ1) is 26.1. The second kappa shape index (κ2) is 11.8. The lowest BCUT2D eigenvalue weighted by molar-refractivity contribution is -0.113. The van der Waals surface area contributed by atoms with Gasteiger partial charge in [0.05, 0.1) is 12.9 Å². The Kier molecular flexibility index (Phi) is 9.02. The van der Waals surface area contributed by atoms with Crippen molar-refractivity contribution in [3.05, 3.63) is 57.8 Å². The Morgan fingerprint density at radius 3 is 2.56 bits per heavy atom. The fourth-order valence-electron chi connectivity index (χ4n) is 3.42. The molecule has 0 aliphatic carbocycles. The van der Waals surface area contributed by atoms with Crippen molar-refractivity contribution in [1.82, 2.24) is 14.8 Å². The minimum absolute atomic E-state index is 0.0869. The molecule has 1 amide bonds. The summed E-state index contributed by atoms with van der Waals surface area (Å²) < 4.78 is 14.5. The molecule has 182 valence electrons. The van der Waals surface area contributed by atoms with Crippen LogP contribution in [-0.4, -0.2) is 33.5 Å². The number of benzene rings is 2. The molecule has 1 heterocycles. The number of carbonyl (C=O) groups is 1. The van der Waals surface area contributed by atoms with Gasteiger partial charge in [-0.15, -0.1) is 10.2 Å². The summed E-state index contributed by atoms with van der Waals surface area (Å²) in [6, 6.07) is 11.3. The zero-order valence-electron chi connectivity index (χ0n) is 20.4. The number of hydrogen-bond donors (Lipinski definition) is 1. The van der Waals surface area contributed by atoms with Gasteiger partial charge in [-0.1, -0.05) is 47.6 Å². The monoisotopic (exact) mass is 546 g/mol. The van der Waals surface area contributed by atoms with Crippen LogP contribution in [0.4, 0.5) is 5.69 Å². The molecule has 7 nitrogen and oxygen atoms in total. The van der Waals surface area contributed by atoms with Gasteiger partial charge in [0, 0.05) is 22.8 Å². The summed E-state index contributed by atoms with van der Waals surface area (Å²) in [5.74, 6) is 2.66. The van der Waals surface area contributed by atoms with Crippen LogP contribution in [0.1, 0.15) is 43.8 Å². The van der Waals surface area contributed by atoms with Crippen molar-refractivity contribution < 1.29 is 14.3 Å². The highest BCUT2D eigenvalue weighted by Crippen LogP contribution is 2.29. The van der Waals surface area contributed by atoms with Crippen molar-refractivity contribution in [3.8, 4) is 11.5 Å². The summed E-state index contributed by atoms with van der Waals surface area (Å²) in [6.07, 6.45) is -0.324. The number of nitrogens with one attached hydrogen (secondary N) is 1. The highest BCUT2D eigenvalue weighted by molar-refractivity contribution is 9.10. The summed E-state index contributed by atoms with van der Waals surface area (Å²) in [7, 11) is 1.63. The molecule has 3 rings (SSSR count). The van der Waals surface area contributed by atoms with E-state index in [0.29, 0.717) is 16.8 Å². The van der Waals surface area contributed by atoms with Gasteiger partial charge < -0.3 is 19.4 Å². The van der Waals surface area contributed by atoms with Crippen molar-refractivity contribution >= 4 is 39.3 Å². The first-order valence-corrected chi connectivity index (χ1v) is 12.9. The number of amides is 1. The molecule has 0 aliphatic rings. The van der Waals surface area contributed by atoms with E-state index in [9.17, 15) is 4.79 Å². The number of nitrogens with zero attached hydrogens (tertiary/aromatic N) is 3. The van der Waals surface area contributed by atoms with Gasteiger partial charge >= 0.3 is 0 Å². The Labute approximate surface area is 213 Å². The van der Waals surface area contributed by atoms with E-state index in [1.807, 2.05) is 61.7 Å². The van der Waals surface area contributed by atoms with Crippen LogP contribution in [0.15, 0.2) is 46.0 Å². The topological polar surface area (TPSA) is 78.3 Å². The zero-order chi connectivity index (χ0) is 24.8. The molecule has 1 atom stereocenters. The maximum absolute atomic E-state index is 12.7. The van der Waals surface area contributed by atoms with Gasteiger partial charge in [-0.05, 0) is 62.1 Å². The van der Waals surface area contributed by atoms with Gasteiger partial charge in [0.15, 0.2) is 17.1 Å². The van der Waals surface area contributed by atoms with Crippen LogP contribution in [0.25, 0.3) is 0 Å². The van der Waals surface area contributed by atoms with E-state index < -0.39 is 0 Å². The number of carbonyl (C=O) groups excluding carboxylic acids is 1. The lowest BCUT2D eigenvalue weighted by Crippen LogP contribution is -2.17. The normalized spacial score (nSPS) is 12.0. The lowest BCUT2D eigenvalue weighted by atomic mass is 10.1. The molecule has 3 aromatic rings. The first-order chi connectivity index (χ1) is 16.2. The lowest BCUT2D eigenvalue weighted by Gasteiger charge is -2.18. The van der Waals surface area contributed by atoms with E-state index in [0.717, 1.165) is 39.4 Å². The minimum atomic E-state index is -0.324. The Balaban J connectivity index is 1.72. The van der Waals surface area contributed by atoms with Crippen molar-refractivity contribution in [2.45, 2.75) is 52.4 Å². The predicted molar refractivity (Wildman–Crippen MR) is 140 cm³/mol. The van der Waals surface area contributed by atoms with Crippen LogP contribution >= 0.6 is 27.7 Å². The zero-order valence-corrected chi connectivity index (χ0v) is 22.8. The quantitative estimate of drug-likeness (QED) is 0.305. The van der Waals surface area contributed by atoms with Gasteiger partial charge in [0.2, 0.25) is 5.91 Å². The molecular formula is C25H31BrN4O3S. The van der Waals surface area contributed by atoms with E-state index in [4.69, 9.17) is 9.47 Å². The first-order valence-electron chi connectivity index (χ1n) is 11.1. The molecule has 1 N–H and O–H groups in total. The second-order valence-corrected chi connectivity index (χ2v) is 10.3. The Morgan fingerprint density at radius 2 is 1.85 bits per heavy atom. The molecule has 0 bridgehead atoms. The van der Waals surface area contributed by atoms with Crippen molar-refractivity contribution in [2.75, 3.05) is 18.2 Å². The van der Waals surface area contributed by atoms with Gasteiger partial charge in [-0.2, -0.15) is 0 Å². The summed E-state index contributed by atoms with van der Waals surface area (Å²) >= 11 is 4.90. The minimum Gasteiger partial charge on any atom is -0.497 e. The van der Waals surface area contributed by atoms with E-state index in [1.54, 1.807) is 7.11 Å². The molecule has 2 aromatic carbocycles.